The van der Waals surface area contributed by atoms with E-state index >= 15 is 0 Å². The second kappa shape index (κ2) is 6.91. The molecule has 18 heavy (non-hydrogen) atoms. The number of nitrogens with zero attached hydrogens (tertiary/aromatic N) is 1. The number of carbonyl (C=O) groups excluding carboxylic acids is 2. The summed E-state index contributed by atoms with van der Waals surface area (Å²) in [6.45, 7) is 4.06. The topological polar surface area (TPSA) is 46.6 Å². The van der Waals surface area contributed by atoms with Crippen molar-refractivity contribution in [2.45, 2.75) is 26.4 Å². The number of ketones is 1. The fraction of sp³-hybridized carbons (Fsp3) is 0.429. The van der Waals surface area contributed by atoms with Crippen LogP contribution in [0.1, 0.15) is 19.4 Å². The summed E-state index contributed by atoms with van der Waals surface area (Å²) in [7, 11) is 1.35. The van der Waals surface area contributed by atoms with E-state index in [0.29, 0.717) is 6.54 Å². The minimum Gasteiger partial charge on any atom is -0.468 e. The SMILES string of the molecule is COC(=O)[C@H](C)N(CC(C)=O)Cc1ccccc1. The Balaban J connectivity index is 2.78. The highest BCUT2D eigenvalue weighted by Crippen LogP contribution is 2.09. The third-order valence-corrected chi connectivity index (χ3v) is 2.74. The van der Waals surface area contributed by atoms with E-state index in [1.54, 1.807) is 6.92 Å². The van der Waals surface area contributed by atoms with Crippen LogP contribution in [-0.4, -0.2) is 36.3 Å². The Kier molecular flexibility index (Phi) is 5.52. The molecule has 1 aromatic carbocycles. The van der Waals surface area contributed by atoms with Crippen LogP contribution in [0.25, 0.3) is 0 Å². The first-order chi connectivity index (χ1) is 8.54. The smallest absolute Gasteiger partial charge is 0.322 e. The van der Waals surface area contributed by atoms with Crippen LogP contribution in [0.5, 0.6) is 0 Å². The van der Waals surface area contributed by atoms with Crippen LogP contribution in [0.2, 0.25) is 0 Å². The average molecular weight is 249 g/mol. The second-order valence-electron chi connectivity index (χ2n) is 4.29. The van der Waals surface area contributed by atoms with Gasteiger partial charge in [-0.1, -0.05) is 30.3 Å². The lowest BCUT2D eigenvalue weighted by atomic mass is 10.1. The van der Waals surface area contributed by atoms with E-state index in [2.05, 4.69) is 0 Å². The van der Waals surface area contributed by atoms with Crippen molar-refractivity contribution < 1.29 is 14.3 Å². The summed E-state index contributed by atoms with van der Waals surface area (Å²) < 4.78 is 4.72. The van der Waals surface area contributed by atoms with E-state index in [9.17, 15) is 9.59 Å². The van der Waals surface area contributed by atoms with E-state index in [1.165, 1.54) is 14.0 Å². The summed E-state index contributed by atoms with van der Waals surface area (Å²) in [6, 6.07) is 9.31. The summed E-state index contributed by atoms with van der Waals surface area (Å²) in [5, 5.41) is 0. The first-order valence-corrected chi connectivity index (χ1v) is 5.90. The van der Waals surface area contributed by atoms with Crippen LogP contribution >= 0.6 is 0 Å². The number of methoxy groups -OCH3 is 1. The van der Waals surface area contributed by atoms with E-state index in [4.69, 9.17) is 4.74 Å². The molecule has 98 valence electrons. The molecule has 0 radical (unpaired) electrons. The zero-order valence-corrected chi connectivity index (χ0v) is 11.1. The molecule has 0 aliphatic carbocycles. The molecule has 4 heteroatoms. The van der Waals surface area contributed by atoms with Gasteiger partial charge in [-0.3, -0.25) is 14.5 Å². The van der Waals surface area contributed by atoms with Crippen molar-refractivity contribution in [3.63, 3.8) is 0 Å². The normalized spacial score (nSPS) is 12.2. The van der Waals surface area contributed by atoms with E-state index in [1.807, 2.05) is 35.2 Å². The molecule has 0 saturated carbocycles. The average Bonchev–Trinajstić information content (AvgIpc) is 2.37. The summed E-state index contributed by atoms with van der Waals surface area (Å²) in [5.41, 5.74) is 1.06. The largest absolute Gasteiger partial charge is 0.468 e. The Labute approximate surface area is 108 Å². The van der Waals surface area contributed by atoms with Crippen molar-refractivity contribution in [2.75, 3.05) is 13.7 Å². The number of hydrogen-bond donors (Lipinski definition) is 0. The van der Waals surface area contributed by atoms with Gasteiger partial charge in [0.15, 0.2) is 0 Å². The van der Waals surface area contributed by atoms with Gasteiger partial charge in [0.05, 0.1) is 13.7 Å². The Bertz CT molecular complexity index is 403. The van der Waals surface area contributed by atoms with E-state index in [0.717, 1.165) is 5.56 Å². The maximum atomic E-state index is 11.5. The first kappa shape index (κ1) is 14.4. The third-order valence-electron chi connectivity index (χ3n) is 2.74. The molecule has 0 amide bonds. The predicted molar refractivity (Wildman–Crippen MR) is 69.0 cm³/mol. The number of esters is 1. The van der Waals surface area contributed by atoms with Gasteiger partial charge in [0.25, 0.3) is 0 Å². The van der Waals surface area contributed by atoms with E-state index in [-0.39, 0.29) is 18.3 Å². The lowest BCUT2D eigenvalue weighted by Gasteiger charge is -2.26. The number of carbonyl (C=O) groups is 2. The summed E-state index contributed by atoms with van der Waals surface area (Å²) in [5.74, 6) is -0.297. The minimum absolute atomic E-state index is 0.0293. The van der Waals surface area contributed by atoms with Crippen molar-refractivity contribution in [3.8, 4) is 0 Å². The molecule has 0 N–H and O–H groups in total. The molecule has 0 spiro atoms. The lowest BCUT2D eigenvalue weighted by molar-refractivity contribution is -0.146. The zero-order valence-electron chi connectivity index (χ0n) is 11.1. The van der Waals surface area contributed by atoms with Crippen molar-refractivity contribution in [2.24, 2.45) is 0 Å². The molecule has 1 atom stereocenters. The zero-order chi connectivity index (χ0) is 13.5. The van der Waals surface area contributed by atoms with Gasteiger partial charge >= 0.3 is 5.97 Å². The molecular weight excluding hydrogens is 230 g/mol. The number of ether oxygens (including phenoxy) is 1. The van der Waals surface area contributed by atoms with Gasteiger partial charge in [-0.25, -0.2) is 0 Å². The maximum absolute atomic E-state index is 11.5. The number of Topliss-reactive ketones (excluding diaryl/α,β-unsaturated/α-hetero) is 1. The molecule has 0 heterocycles. The lowest BCUT2D eigenvalue weighted by Crippen LogP contribution is -2.41. The van der Waals surface area contributed by atoms with Gasteiger partial charge in [0.2, 0.25) is 0 Å². The highest BCUT2D eigenvalue weighted by atomic mass is 16.5. The molecule has 1 aromatic rings. The molecule has 0 aromatic heterocycles. The highest BCUT2D eigenvalue weighted by Gasteiger charge is 2.22. The predicted octanol–water partition coefficient (Wildman–Crippen LogP) is 1.64. The number of rotatable bonds is 6. The molecule has 0 unspecified atom stereocenters. The summed E-state index contributed by atoms with van der Waals surface area (Å²) in [6.07, 6.45) is 0. The minimum atomic E-state index is -0.431. The van der Waals surface area contributed by atoms with Crippen LogP contribution in [0.3, 0.4) is 0 Å². The van der Waals surface area contributed by atoms with Crippen LogP contribution < -0.4 is 0 Å². The van der Waals surface area contributed by atoms with Crippen LogP contribution in [0.15, 0.2) is 30.3 Å². The third kappa shape index (κ3) is 4.30. The molecular formula is C14H19NO3. The molecule has 0 bridgehead atoms. The van der Waals surface area contributed by atoms with Gasteiger partial charge in [0, 0.05) is 6.54 Å². The van der Waals surface area contributed by atoms with Crippen LogP contribution in [0.4, 0.5) is 0 Å². The fourth-order valence-corrected chi connectivity index (χ4v) is 1.75. The molecule has 1 rings (SSSR count). The maximum Gasteiger partial charge on any atom is 0.322 e. The van der Waals surface area contributed by atoms with Crippen molar-refractivity contribution >= 4 is 11.8 Å². The summed E-state index contributed by atoms with van der Waals surface area (Å²) in [4.78, 5) is 24.6. The van der Waals surface area contributed by atoms with Gasteiger partial charge in [-0.2, -0.15) is 0 Å². The van der Waals surface area contributed by atoms with E-state index < -0.39 is 6.04 Å². The quantitative estimate of drug-likeness (QED) is 0.719. The fourth-order valence-electron chi connectivity index (χ4n) is 1.75. The second-order valence-corrected chi connectivity index (χ2v) is 4.29. The Morgan fingerprint density at radius 1 is 1.28 bits per heavy atom. The van der Waals surface area contributed by atoms with Gasteiger partial charge in [0.1, 0.15) is 11.8 Å². The highest BCUT2D eigenvalue weighted by molar-refractivity contribution is 5.80. The van der Waals surface area contributed by atoms with Gasteiger partial charge in [-0.05, 0) is 19.4 Å². The Morgan fingerprint density at radius 2 is 1.89 bits per heavy atom. The number of hydrogen-bond acceptors (Lipinski definition) is 4. The Hall–Kier alpha value is -1.68. The molecule has 0 fully saturated rings. The summed E-state index contributed by atoms with van der Waals surface area (Å²) >= 11 is 0. The number of benzene rings is 1. The molecule has 0 saturated heterocycles. The van der Waals surface area contributed by atoms with Crippen molar-refractivity contribution in [1.29, 1.82) is 0 Å². The molecule has 0 aliphatic rings. The van der Waals surface area contributed by atoms with Gasteiger partial charge in [-0.15, -0.1) is 0 Å². The van der Waals surface area contributed by atoms with Crippen LogP contribution in [-0.2, 0) is 20.9 Å². The van der Waals surface area contributed by atoms with Gasteiger partial charge < -0.3 is 4.74 Å². The van der Waals surface area contributed by atoms with Crippen molar-refractivity contribution in [1.82, 2.24) is 4.90 Å². The standard InChI is InChI=1S/C14H19NO3/c1-11(16)9-15(12(2)14(17)18-3)10-13-7-5-4-6-8-13/h4-8,12H,9-10H2,1-3H3/t12-/m0/s1. The molecule has 4 nitrogen and oxygen atoms in total. The van der Waals surface area contributed by atoms with Crippen molar-refractivity contribution in [3.05, 3.63) is 35.9 Å². The van der Waals surface area contributed by atoms with Crippen LogP contribution in [0, 0.1) is 0 Å². The Morgan fingerprint density at radius 3 is 2.39 bits per heavy atom. The molecule has 0 aliphatic heterocycles. The first-order valence-electron chi connectivity index (χ1n) is 5.90. The monoisotopic (exact) mass is 249 g/mol.